The van der Waals surface area contributed by atoms with E-state index in [1.165, 1.54) is 0 Å². The van der Waals surface area contributed by atoms with E-state index in [9.17, 15) is 9.59 Å². The van der Waals surface area contributed by atoms with Gasteiger partial charge < -0.3 is 4.90 Å². The maximum absolute atomic E-state index is 12.5. The van der Waals surface area contributed by atoms with E-state index in [4.69, 9.17) is 0 Å². The van der Waals surface area contributed by atoms with Crippen LogP contribution in [0, 0.1) is 6.92 Å². The topological polar surface area (TPSA) is 99.7 Å². The molecule has 3 rings (SSSR count). The summed E-state index contributed by atoms with van der Waals surface area (Å²) in [4.78, 5) is 28.1. The molecule has 2 aromatic heterocycles. The van der Waals surface area contributed by atoms with Crippen LogP contribution in [0.25, 0.3) is 0 Å². The Morgan fingerprint density at radius 1 is 1.38 bits per heavy atom. The second kappa shape index (κ2) is 5.19. The summed E-state index contributed by atoms with van der Waals surface area (Å²) in [5.74, 6) is 0.905. The summed E-state index contributed by atoms with van der Waals surface area (Å²) < 4.78 is 1.70. The van der Waals surface area contributed by atoms with Gasteiger partial charge in [-0.15, -0.1) is 0 Å². The molecule has 8 nitrogen and oxygen atoms in total. The number of likely N-dealkylation sites (tertiary alicyclic amines) is 1. The Balaban J connectivity index is 1.67. The molecule has 21 heavy (non-hydrogen) atoms. The van der Waals surface area contributed by atoms with Crippen molar-refractivity contribution >= 4 is 5.91 Å². The largest absolute Gasteiger partial charge is 0.340 e. The van der Waals surface area contributed by atoms with Gasteiger partial charge >= 0.3 is 5.69 Å². The van der Waals surface area contributed by atoms with Gasteiger partial charge in [0.2, 0.25) is 0 Å². The van der Waals surface area contributed by atoms with Crippen LogP contribution in [0.4, 0.5) is 0 Å². The summed E-state index contributed by atoms with van der Waals surface area (Å²) in [5.41, 5.74) is 1.25. The molecular formula is C13H18N6O2. The molecule has 0 aromatic carbocycles. The molecule has 8 heteroatoms. The van der Waals surface area contributed by atoms with Gasteiger partial charge in [0, 0.05) is 31.7 Å². The van der Waals surface area contributed by atoms with Crippen LogP contribution in [0.15, 0.2) is 11.0 Å². The number of amides is 1. The van der Waals surface area contributed by atoms with Gasteiger partial charge in [-0.1, -0.05) is 0 Å². The third-order valence-corrected chi connectivity index (χ3v) is 4.15. The SMILES string of the molecule is Cc1c(C(=O)N2CCC(c3n[nH]c(=O)[nH]3)CC2)cnn1C. The van der Waals surface area contributed by atoms with E-state index in [0.717, 1.165) is 18.5 Å². The molecule has 2 aromatic rings. The third kappa shape index (κ3) is 2.48. The third-order valence-electron chi connectivity index (χ3n) is 4.15. The first-order valence-corrected chi connectivity index (χ1v) is 6.98. The van der Waals surface area contributed by atoms with Gasteiger partial charge in [-0.2, -0.15) is 10.2 Å². The van der Waals surface area contributed by atoms with E-state index in [1.807, 2.05) is 18.9 Å². The van der Waals surface area contributed by atoms with Crippen LogP contribution in [0.5, 0.6) is 0 Å². The Morgan fingerprint density at radius 3 is 2.62 bits per heavy atom. The number of nitrogens with zero attached hydrogens (tertiary/aromatic N) is 4. The van der Waals surface area contributed by atoms with Crippen molar-refractivity contribution in [3.63, 3.8) is 0 Å². The van der Waals surface area contributed by atoms with E-state index in [2.05, 4.69) is 20.3 Å². The van der Waals surface area contributed by atoms with Crippen LogP contribution in [-0.2, 0) is 7.05 Å². The van der Waals surface area contributed by atoms with Crippen LogP contribution in [-0.4, -0.2) is 48.9 Å². The minimum absolute atomic E-state index is 0.0228. The molecule has 0 radical (unpaired) electrons. The number of aromatic nitrogens is 5. The van der Waals surface area contributed by atoms with E-state index in [-0.39, 0.29) is 17.5 Å². The monoisotopic (exact) mass is 290 g/mol. The van der Waals surface area contributed by atoms with Crippen LogP contribution < -0.4 is 5.69 Å². The Labute approximate surface area is 121 Å². The normalized spacial score (nSPS) is 16.4. The highest BCUT2D eigenvalue weighted by Crippen LogP contribution is 2.25. The lowest BCUT2D eigenvalue weighted by molar-refractivity contribution is 0.0710. The summed E-state index contributed by atoms with van der Waals surface area (Å²) in [5, 5.41) is 10.5. The molecule has 112 valence electrons. The predicted octanol–water partition coefficient (Wildman–Crippen LogP) is 0.160. The van der Waals surface area contributed by atoms with E-state index < -0.39 is 0 Å². The summed E-state index contributed by atoms with van der Waals surface area (Å²) in [6.45, 7) is 3.21. The number of H-pyrrole nitrogens is 2. The first-order chi connectivity index (χ1) is 10.1. The van der Waals surface area contributed by atoms with Crippen molar-refractivity contribution in [2.45, 2.75) is 25.7 Å². The van der Waals surface area contributed by atoms with Crippen molar-refractivity contribution in [2.75, 3.05) is 13.1 Å². The molecule has 0 saturated carbocycles. The van der Waals surface area contributed by atoms with Crippen molar-refractivity contribution in [1.29, 1.82) is 0 Å². The smallest absolute Gasteiger partial charge is 0.338 e. The number of carbonyl (C=O) groups excluding carboxylic acids is 1. The summed E-state index contributed by atoms with van der Waals surface area (Å²) in [6, 6.07) is 0. The zero-order valence-electron chi connectivity index (χ0n) is 12.1. The van der Waals surface area contributed by atoms with Crippen LogP contribution in [0.3, 0.4) is 0 Å². The molecule has 0 bridgehead atoms. The summed E-state index contributed by atoms with van der Waals surface area (Å²) in [7, 11) is 1.83. The fraction of sp³-hybridized carbons (Fsp3) is 0.538. The predicted molar refractivity (Wildman–Crippen MR) is 75.0 cm³/mol. The molecule has 1 fully saturated rings. The van der Waals surface area contributed by atoms with Gasteiger partial charge in [-0.05, 0) is 19.8 Å². The fourth-order valence-corrected chi connectivity index (χ4v) is 2.71. The first kappa shape index (κ1) is 13.6. The van der Waals surface area contributed by atoms with Gasteiger partial charge in [0.25, 0.3) is 5.91 Å². The highest BCUT2D eigenvalue weighted by molar-refractivity contribution is 5.95. The van der Waals surface area contributed by atoms with Crippen LogP contribution in [0.1, 0.15) is 40.6 Å². The van der Waals surface area contributed by atoms with Crippen LogP contribution in [0.2, 0.25) is 0 Å². The Morgan fingerprint density at radius 2 is 2.10 bits per heavy atom. The fourth-order valence-electron chi connectivity index (χ4n) is 2.71. The highest BCUT2D eigenvalue weighted by Gasteiger charge is 2.27. The number of aromatic amines is 2. The molecule has 1 saturated heterocycles. The van der Waals surface area contributed by atoms with Gasteiger partial charge in [0.15, 0.2) is 0 Å². The molecule has 2 N–H and O–H groups in total. The molecule has 0 aliphatic carbocycles. The van der Waals surface area contributed by atoms with Gasteiger partial charge in [-0.3, -0.25) is 14.5 Å². The zero-order chi connectivity index (χ0) is 15.0. The second-order valence-electron chi connectivity index (χ2n) is 5.40. The Kier molecular flexibility index (Phi) is 3.36. The molecule has 0 atom stereocenters. The van der Waals surface area contributed by atoms with Crippen molar-refractivity contribution in [3.05, 3.63) is 33.8 Å². The molecule has 3 heterocycles. The quantitative estimate of drug-likeness (QED) is 0.823. The Bertz CT molecular complexity index is 704. The first-order valence-electron chi connectivity index (χ1n) is 6.98. The molecule has 0 unspecified atom stereocenters. The van der Waals surface area contributed by atoms with Gasteiger partial charge in [-0.25, -0.2) is 9.89 Å². The average Bonchev–Trinajstić information content (AvgIpc) is 3.06. The minimum Gasteiger partial charge on any atom is -0.338 e. The van der Waals surface area contributed by atoms with Crippen molar-refractivity contribution in [2.24, 2.45) is 7.05 Å². The number of aryl methyl sites for hydroxylation is 1. The van der Waals surface area contributed by atoms with Crippen molar-refractivity contribution in [1.82, 2.24) is 29.9 Å². The van der Waals surface area contributed by atoms with Crippen LogP contribution >= 0.6 is 0 Å². The maximum Gasteiger partial charge on any atom is 0.340 e. The number of hydrogen-bond acceptors (Lipinski definition) is 4. The van der Waals surface area contributed by atoms with Gasteiger partial charge in [0.1, 0.15) is 5.82 Å². The Hall–Kier alpha value is -2.38. The standard InChI is InChI=1S/C13H18N6O2/c1-8-10(7-14-18(8)2)12(20)19-5-3-9(4-6-19)11-15-13(21)17-16-11/h7,9H,3-6H2,1-2H3,(H2,15,16,17,21). The van der Waals surface area contributed by atoms with E-state index in [0.29, 0.717) is 24.5 Å². The lowest BCUT2D eigenvalue weighted by atomic mass is 9.96. The molecule has 1 aliphatic heterocycles. The average molecular weight is 290 g/mol. The lowest BCUT2D eigenvalue weighted by Crippen LogP contribution is -2.38. The zero-order valence-corrected chi connectivity index (χ0v) is 12.1. The molecular weight excluding hydrogens is 272 g/mol. The van der Waals surface area contributed by atoms with Gasteiger partial charge in [0.05, 0.1) is 11.8 Å². The number of nitrogens with one attached hydrogen (secondary N) is 2. The van der Waals surface area contributed by atoms with E-state index >= 15 is 0 Å². The second-order valence-corrected chi connectivity index (χ2v) is 5.40. The summed E-state index contributed by atoms with van der Waals surface area (Å²) >= 11 is 0. The highest BCUT2D eigenvalue weighted by atomic mass is 16.2. The molecule has 1 aliphatic rings. The minimum atomic E-state index is -0.283. The molecule has 0 spiro atoms. The summed E-state index contributed by atoms with van der Waals surface area (Å²) in [6.07, 6.45) is 3.21. The number of piperidine rings is 1. The lowest BCUT2D eigenvalue weighted by Gasteiger charge is -2.30. The number of hydrogen-bond donors (Lipinski definition) is 2. The number of rotatable bonds is 2. The molecule has 1 amide bonds. The maximum atomic E-state index is 12.5. The van der Waals surface area contributed by atoms with E-state index in [1.54, 1.807) is 10.9 Å². The van der Waals surface area contributed by atoms with Crippen molar-refractivity contribution < 1.29 is 4.79 Å². The van der Waals surface area contributed by atoms with Crippen molar-refractivity contribution in [3.8, 4) is 0 Å². The number of carbonyl (C=O) groups is 1.